The van der Waals surface area contributed by atoms with Crippen LogP contribution in [0.3, 0.4) is 0 Å². The zero-order valence-electron chi connectivity index (χ0n) is 17.8. The van der Waals surface area contributed by atoms with Gasteiger partial charge in [0.05, 0.1) is 19.8 Å². The SMILES string of the molecule is O=C(CN(CCN1CCOCC1)Cc1ccc2c(c1)OCO2)NCCc1ccccn1. The largest absolute Gasteiger partial charge is 0.454 e. The molecule has 31 heavy (non-hydrogen) atoms. The van der Waals surface area contributed by atoms with Crippen molar-refractivity contribution in [3.05, 3.63) is 53.9 Å². The number of nitrogens with zero attached hydrogens (tertiary/aromatic N) is 3. The highest BCUT2D eigenvalue weighted by Crippen LogP contribution is 2.32. The van der Waals surface area contributed by atoms with Crippen molar-refractivity contribution >= 4 is 5.91 Å². The van der Waals surface area contributed by atoms with Crippen molar-refractivity contribution in [2.75, 3.05) is 59.3 Å². The molecule has 0 saturated carbocycles. The molecule has 0 bridgehead atoms. The molecule has 0 radical (unpaired) electrons. The van der Waals surface area contributed by atoms with Gasteiger partial charge in [0.2, 0.25) is 12.7 Å². The lowest BCUT2D eigenvalue weighted by atomic mass is 10.2. The Morgan fingerprint density at radius 1 is 1.13 bits per heavy atom. The van der Waals surface area contributed by atoms with Crippen molar-refractivity contribution < 1.29 is 19.0 Å². The van der Waals surface area contributed by atoms with Crippen LogP contribution in [0.4, 0.5) is 0 Å². The molecule has 8 nitrogen and oxygen atoms in total. The van der Waals surface area contributed by atoms with Gasteiger partial charge in [0.1, 0.15) is 0 Å². The Kier molecular flexibility index (Phi) is 7.71. The molecule has 1 aromatic carbocycles. The molecule has 0 unspecified atom stereocenters. The summed E-state index contributed by atoms with van der Waals surface area (Å²) in [5, 5.41) is 3.03. The molecule has 1 N–H and O–H groups in total. The van der Waals surface area contributed by atoms with Crippen molar-refractivity contribution in [1.82, 2.24) is 20.1 Å². The number of pyridine rings is 1. The molecule has 8 heteroatoms. The smallest absolute Gasteiger partial charge is 0.234 e. The summed E-state index contributed by atoms with van der Waals surface area (Å²) < 4.78 is 16.4. The standard InChI is InChI=1S/C23H30N4O4/c28-23(25-8-6-20-3-1-2-7-24-20)17-27(10-9-26-11-13-29-14-12-26)16-19-4-5-21-22(15-19)31-18-30-21/h1-5,7,15H,6,8-14,16-18H2,(H,25,28). The van der Waals surface area contributed by atoms with Crippen LogP contribution in [-0.2, 0) is 22.5 Å². The molecule has 3 heterocycles. The number of fused-ring (bicyclic) bond motifs is 1. The maximum Gasteiger partial charge on any atom is 0.234 e. The van der Waals surface area contributed by atoms with Gasteiger partial charge < -0.3 is 19.5 Å². The number of ether oxygens (including phenoxy) is 3. The van der Waals surface area contributed by atoms with Gasteiger partial charge >= 0.3 is 0 Å². The monoisotopic (exact) mass is 426 g/mol. The van der Waals surface area contributed by atoms with Crippen LogP contribution in [0, 0.1) is 0 Å². The second-order valence-electron chi connectivity index (χ2n) is 7.77. The maximum absolute atomic E-state index is 12.6. The number of benzene rings is 1. The van der Waals surface area contributed by atoms with E-state index < -0.39 is 0 Å². The van der Waals surface area contributed by atoms with Crippen molar-refractivity contribution in [3.63, 3.8) is 0 Å². The molecule has 1 aromatic heterocycles. The van der Waals surface area contributed by atoms with Gasteiger partial charge in [0.25, 0.3) is 0 Å². The third-order valence-electron chi connectivity index (χ3n) is 5.48. The molecule has 0 spiro atoms. The van der Waals surface area contributed by atoms with Crippen LogP contribution >= 0.6 is 0 Å². The first-order valence-electron chi connectivity index (χ1n) is 10.8. The van der Waals surface area contributed by atoms with Crippen molar-refractivity contribution in [2.45, 2.75) is 13.0 Å². The van der Waals surface area contributed by atoms with Crippen LogP contribution in [0.1, 0.15) is 11.3 Å². The van der Waals surface area contributed by atoms with Crippen LogP contribution in [0.2, 0.25) is 0 Å². The molecular weight excluding hydrogens is 396 g/mol. The zero-order chi connectivity index (χ0) is 21.3. The first kappa shape index (κ1) is 21.5. The Labute approximate surface area is 183 Å². The highest BCUT2D eigenvalue weighted by Gasteiger charge is 2.18. The molecule has 0 atom stereocenters. The number of nitrogens with one attached hydrogen (secondary N) is 1. The summed E-state index contributed by atoms with van der Waals surface area (Å²) in [5.74, 6) is 1.57. The van der Waals surface area contributed by atoms with E-state index in [0.717, 1.165) is 68.6 Å². The second kappa shape index (κ2) is 11.1. The Morgan fingerprint density at radius 3 is 2.84 bits per heavy atom. The number of carbonyl (C=O) groups is 1. The number of amides is 1. The van der Waals surface area contributed by atoms with Gasteiger partial charge in [-0.3, -0.25) is 19.6 Å². The molecule has 4 rings (SSSR count). The van der Waals surface area contributed by atoms with Crippen LogP contribution in [0.25, 0.3) is 0 Å². The van der Waals surface area contributed by atoms with Crippen molar-refractivity contribution in [3.8, 4) is 11.5 Å². The van der Waals surface area contributed by atoms with Gasteiger partial charge in [0, 0.05) is 57.6 Å². The fourth-order valence-corrected chi connectivity index (χ4v) is 3.75. The van der Waals surface area contributed by atoms with Gasteiger partial charge in [-0.1, -0.05) is 12.1 Å². The molecule has 2 aliphatic rings. The summed E-state index contributed by atoms with van der Waals surface area (Å²) >= 11 is 0. The third kappa shape index (κ3) is 6.65. The van der Waals surface area contributed by atoms with Gasteiger partial charge in [-0.25, -0.2) is 0 Å². The number of hydrogen-bond acceptors (Lipinski definition) is 7. The molecule has 166 valence electrons. The zero-order valence-corrected chi connectivity index (χ0v) is 17.8. The van der Waals surface area contributed by atoms with Gasteiger partial charge in [-0.05, 0) is 29.8 Å². The Morgan fingerprint density at radius 2 is 2.00 bits per heavy atom. The van der Waals surface area contributed by atoms with Gasteiger partial charge in [-0.2, -0.15) is 0 Å². The lowest BCUT2D eigenvalue weighted by Crippen LogP contribution is -2.44. The van der Waals surface area contributed by atoms with E-state index in [-0.39, 0.29) is 12.7 Å². The lowest BCUT2D eigenvalue weighted by molar-refractivity contribution is -0.122. The predicted molar refractivity (Wildman–Crippen MR) is 116 cm³/mol. The van der Waals surface area contributed by atoms with Crippen LogP contribution in [-0.4, -0.2) is 80.0 Å². The fraction of sp³-hybridized carbons (Fsp3) is 0.478. The minimum absolute atomic E-state index is 0.0265. The average molecular weight is 427 g/mol. The fourth-order valence-electron chi connectivity index (χ4n) is 3.75. The summed E-state index contributed by atoms with van der Waals surface area (Å²) in [7, 11) is 0. The quantitative estimate of drug-likeness (QED) is 0.614. The highest BCUT2D eigenvalue weighted by atomic mass is 16.7. The van der Waals surface area contributed by atoms with E-state index in [1.165, 1.54) is 0 Å². The topological polar surface area (TPSA) is 76.2 Å². The average Bonchev–Trinajstić information content (AvgIpc) is 3.27. The third-order valence-corrected chi connectivity index (χ3v) is 5.48. The Hall–Kier alpha value is -2.68. The first-order chi connectivity index (χ1) is 15.3. The first-order valence-corrected chi connectivity index (χ1v) is 10.8. The van der Waals surface area contributed by atoms with E-state index in [4.69, 9.17) is 14.2 Å². The van der Waals surface area contributed by atoms with Crippen molar-refractivity contribution in [1.29, 1.82) is 0 Å². The molecular formula is C23H30N4O4. The number of aromatic nitrogens is 1. The minimum atomic E-state index is 0.0265. The summed E-state index contributed by atoms with van der Waals surface area (Å²) in [6.07, 6.45) is 2.50. The van der Waals surface area contributed by atoms with E-state index >= 15 is 0 Å². The molecule has 0 aliphatic carbocycles. The Bertz CT molecular complexity index is 843. The number of rotatable bonds is 10. The number of hydrogen-bond donors (Lipinski definition) is 1. The molecule has 1 saturated heterocycles. The van der Waals surface area contributed by atoms with E-state index in [1.807, 2.05) is 36.4 Å². The van der Waals surface area contributed by atoms with E-state index in [0.29, 0.717) is 19.6 Å². The summed E-state index contributed by atoms with van der Waals surface area (Å²) in [4.78, 5) is 21.5. The van der Waals surface area contributed by atoms with E-state index in [2.05, 4.69) is 20.1 Å². The van der Waals surface area contributed by atoms with Gasteiger partial charge in [0.15, 0.2) is 11.5 Å². The highest BCUT2D eigenvalue weighted by molar-refractivity contribution is 5.78. The molecule has 1 fully saturated rings. The normalized spacial score (nSPS) is 15.9. The molecule has 2 aromatic rings. The van der Waals surface area contributed by atoms with Crippen LogP contribution in [0.15, 0.2) is 42.6 Å². The predicted octanol–water partition coefficient (Wildman–Crippen LogP) is 1.30. The number of morpholine rings is 1. The number of carbonyl (C=O) groups excluding carboxylic acids is 1. The van der Waals surface area contributed by atoms with Gasteiger partial charge in [-0.15, -0.1) is 0 Å². The van der Waals surface area contributed by atoms with Crippen LogP contribution < -0.4 is 14.8 Å². The Balaban J connectivity index is 1.31. The maximum atomic E-state index is 12.6. The molecule has 2 aliphatic heterocycles. The van der Waals surface area contributed by atoms with Crippen LogP contribution in [0.5, 0.6) is 11.5 Å². The van der Waals surface area contributed by atoms with Crippen molar-refractivity contribution in [2.24, 2.45) is 0 Å². The lowest BCUT2D eigenvalue weighted by Gasteiger charge is -2.30. The minimum Gasteiger partial charge on any atom is -0.454 e. The second-order valence-corrected chi connectivity index (χ2v) is 7.77. The summed E-state index contributed by atoms with van der Waals surface area (Å²) in [5.41, 5.74) is 2.08. The summed E-state index contributed by atoms with van der Waals surface area (Å²) in [6.45, 7) is 7.01. The van der Waals surface area contributed by atoms with E-state index in [1.54, 1.807) is 6.20 Å². The van der Waals surface area contributed by atoms with E-state index in [9.17, 15) is 4.79 Å². The summed E-state index contributed by atoms with van der Waals surface area (Å²) in [6, 6.07) is 11.8. The molecule has 1 amide bonds.